The molecule has 2 aliphatic rings. The molecule has 1 aliphatic carbocycles. The minimum absolute atomic E-state index is 0.0659. The highest BCUT2D eigenvalue weighted by Crippen LogP contribution is 2.34. The van der Waals surface area contributed by atoms with Crippen LogP contribution in [0.1, 0.15) is 43.9 Å². The van der Waals surface area contributed by atoms with Gasteiger partial charge in [-0.2, -0.15) is 0 Å². The first-order chi connectivity index (χ1) is 15.2. The summed E-state index contributed by atoms with van der Waals surface area (Å²) >= 11 is 12.1. The molecule has 1 heterocycles. The van der Waals surface area contributed by atoms with Crippen LogP contribution in [0.3, 0.4) is 0 Å². The summed E-state index contributed by atoms with van der Waals surface area (Å²) in [4.78, 5) is 27.2. The number of fused-ring (bicyclic) bond motifs is 1. The molecule has 0 aromatic heterocycles. The molecule has 0 fully saturated rings. The van der Waals surface area contributed by atoms with Gasteiger partial charge < -0.3 is 15.5 Å². The van der Waals surface area contributed by atoms with Crippen molar-refractivity contribution in [3.8, 4) is 0 Å². The Hall–Kier alpha value is -2.50. The second-order valence-corrected chi connectivity index (χ2v) is 10.1. The number of urea groups is 1. The van der Waals surface area contributed by atoms with Gasteiger partial charge >= 0.3 is 6.03 Å². The van der Waals surface area contributed by atoms with Crippen LogP contribution in [0.25, 0.3) is 0 Å². The van der Waals surface area contributed by atoms with Gasteiger partial charge in [0.15, 0.2) is 5.78 Å². The Bertz CT molecular complexity index is 1080. The average Bonchev–Trinajstić information content (AvgIpc) is 2.73. The van der Waals surface area contributed by atoms with E-state index in [-0.39, 0.29) is 23.3 Å². The summed E-state index contributed by atoms with van der Waals surface area (Å²) in [6.07, 6.45) is 3.86. The van der Waals surface area contributed by atoms with Gasteiger partial charge in [-0.1, -0.05) is 61.3 Å². The highest BCUT2D eigenvalue weighted by Gasteiger charge is 2.32. The number of carbonyl (C=O) groups excluding carboxylic acids is 2. The minimum Gasteiger partial charge on any atom is -0.386 e. The van der Waals surface area contributed by atoms with Crippen LogP contribution >= 0.6 is 23.2 Å². The van der Waals surface area contributed by atoms with Gasteiger partial charge in [0.1, 0.15) is 0 Å². The maximum atomic E-state index is 13.2. The molecular formula is C25H27Cl2N3O2. The maximum Gasteiger partial charge on any atom is 0.322 e. The predicted molar refractivity (Wildman–Crippen MR) is 129 cm³/mol. The van der Waals surface area contributed by atoms with Gasteiger partial charge in [0.05, 0.1) is 16.1 Å². The molecule has 0 radical (unpaired) electrons. The molecule has 2 aromatic rings. The lowest BCUT2D eigenvalue weighted by Crippen LogP contribution is -2.46. The number of nitrogens with one attached hydrogen (secondary N) is 2. The van der Waals surface area contributed by atoms with Crippen LogP contribution in [0, 0.1) is 5.41 Å². The summed E-state index contributed by atoms with van der Waals surface area (Å²) < 4.78 is 0. The maximum absolute atomic E-state index is 13.2. The second kappa shape index (κ2) is 9.16. The van der Waals surface area contributed by atoms with Crippen molar-refractivity contribution in [3.05, 3.63) is 75.4 Å². The van der Waals surface area contributed by atoms with Crippen molar-refractivity contribution in [2.24, 2.45) is 5.41 Å². The van der Waals surface area contributed by atoms with Crippen molar-refractivity contribution in [3.63, 3.8) is 0 Å². The van der Waals surface area contributed by atoms with Crippen LogP contribution in [-0.4, -0.2) is 29.8 Å². The lowest BCUT2D eigenvalue weighted by molar-refractivity contribution is -0.117. The molecule has 2 aromatic carbocycles. The van der Waals surface area contributed by atoms with Crippen LogP contribution in [0.2, 0.25) is 10.0 Å². The van der Waals surface area contributed by atoms with Crippen molar-refractivity contribution < 1.29 is 9.59 Å². The zero-order valence-corrected chi connectivity index (χ0v) is 19.8. The smallest absolute Gasteiger partial charge is 0.322 e. The molecular weight excluding hydrogens is 445 g/mol. The second-order valence-electron chi connectivity index (χ2n) is 9.25. The molecule has 0 saturated carbocycles. The molecule has 0 spiro atoms. The van der Waals surface area contributed by atoms with Gasteiger partial charge in [0, 0.05) is 37.0 Å². The van der Waals surface area contributed by atoms with E-state index in [4.69, 9.17) is 23.2 Å². The number of allylic oxidation sites excluding steroid dienone is 2. The Morgan fingerprint density at radius 2 is 1.91 bits per heavy atom. The van der Waals surface area contributed by atoms with Crippen molar-refractivity contribution in [1.82, 2.24) is 10.2 Å². The molecule has 5 nitrogen and oxygen atoms in total. The number of hydrogen-bond donors (Lipinski definition) is 2. The van der Waals surface area contributed by atoms with E-state index in [2.05, 4.69) is 36.6 Å². The largest absolute Gasteiger partial charge is 0.386 e. The van der Waals surface area contributed by atoms with E-state index >= 15 is 0 Å². The first-order valence-corrected chi connectivity index (χ1v) is 11.6. The van der Waals surface area contributed by atoms with E-state index in [9.17, 15) is 9.59 Å². The third-order valence-corrected chi connectivity index (χ3v) is 6.76. The van der Waals surface area contributed by atoms with Crippen molar-refractivity contribution >= 4 is 40.7 Å². The highest BCUT2D eigenvalue weighted by atomic mass is 35.5. The monoisotopic (exact) mass is 471 g/mol. The Morgan fingerprint density at radius 1 is 1.12 bits per heavy atom. The van der Waals surface area contributed by atoms with Crippen LogP contribution in [0.5, 0.6) is 0 Å². The zero-order chi connectivity index (χ0) is 22.9. The number of benzene rings is 2. The van der Waals surface area contributed by atoms with Crippen molar-refractivity contribution in [2.45, 2.75) is 39.2 Å². The van der Waals surface area contributed by atoms with Crippen molar-refractivity contribution in [2.75, 3.05) is 18.4 Å². The molecule has 4 rings (SSSR count). The third kappa shape index (κ3) is 5.11. The molecule has 2 N–H and O–H groups in total. The summed E-state index contributed by atoms with van der Waals surface area (Å²) in [6.45, 7) is 5.33. The number of hydrogen-bond acceptors (Lipinski definition) is 3. The van der Waals surface area contributed by atoms with Gasteiger partial charge in [0.25, 0.3) is 0 Å². The molecule has 0 saturated heterocycles. The summed E-state index contributed by atoms with van der Waals surface area (Å²) in [5.41, 5.74) is 3.82. The fraction of sp³-hybridized carbons (Fsp3) is 0.360. The molecule has 1 unspecified atom stereocenters. The van der Waals surface area contributed by atoms with Crippen molar-refractivity contribution in [1.29, 1.82) is 0 Å². The SMILES string of the molecule is CC1(C)CC(=O)C=C(NCC2c3ccccc3CCN2C(=O)Nc2ccc(Cl)c(Cl)c2)C1. The number of carbonyl (C=O) groups is 2. The molecule has 168 valence electrons. The van der Waals surface area contributed by atoms with Gasteiger partial charge in [-0.25, -0.2) is 4.79 Å². The van der Waals surface area contributed by atoms with Gasteiger partial charge in [-0.05, 0) is 47.6 Å². The Kier molecular flexibility index (Phi) is 6.50. The standard InChI is InChI=1S/C25H27Cl2N3O2/c1-25(2)13-18(11-19(31)14-25)28-15-23-20-6-4-3-5-16(20)9-10-30(23)24(32)29-17-7-8-21(26)22(27)12-17/h3-8,11-12,23,28H,9-10,13-15H2,1-2H3,(H,29,32). The molecule has 2 amide bonds. The average molecular weight is 472 g/mol. The molecule has 7 heteroatoms. The quantitative estimate of drug-likeness (QED) is 0.575. The highest BCUT2D eigenvalue weighted by molar-refractivity contribution is 6.42. The van der Waals surface area contributed by atoms with E-state index in [1.165, 1.54) is 5.56 Å². The summed E-state index contributed by atoms with van der Waals surface area (Å²) in [6, 6.07) is 12.9. The summed E-state index contributed by atoms with van der Waals surface area (Å²) in [5, 5.41) is 7.24. The topological polar surface area (TPSA) is 61.4 Å². The number of anilines is 1. The van der Waals surface area contributed by atoms with Gasteiger partial charge in [0.2, 0.25) is 0 Å². The first kappa shape index (κ1) is 22.7. The van der Waals surface area contributed by atoms with E-state index in [1.54, 1.807) is 24.3 Å². The fourth-order valence-corrected chi connectivity index (χ4v) is 4.87. The van der Waals surface area contributed by atoms with Crippen LogP contribution in [-0.2, 0) is 11.2 Å². The number of nitrogens with zero attached hydrogens (tertiary/aromatic N) is 1. The number of halogens is 2. The minimum atomic E-state index is -0.196. The predicted octanol–water partition coefficient (Wildman–Crippen LogP) is 5.99. The van der Waals surface area contributed by atoms with Gasteiger partial charge in [-0.3, -0.25) is 4.79 Å². The van der Waals surface area contributed by atoms with Gasteiger partial charge in [-0.15, -0.1) is 0 Å². The van der Waals surface area contributed by atoms with E-state index in [0.717, 1.165) is 24.1 Å². The van der Waals surface area contributed by atoms with Crippen LogP contribution in [0.4, 0.5) is 10.5 Å². The zero-order valence-electron chi connectivity index (χ0n) is 18.3. The molecule has 32 heavy (non-hydrogen) atoms. The Labute approximate surface area is 198 Å². The van der Waals surface area contributed by atoms with Crippen LogP contribution < -0.4 is 10.6 Å². The number of rotatable bonds is 4. The molecule has 1 aliphatic heterocycles. The molecule has 0 bridgehead atoms. The lowest BCUT2D eigenvalue weighted by atomic mass is 9.79. The van der Waals surface area contributed by atoms with E-state index in [1.807, 2.05) is 17.0 Å². The summed E-state index contributed by atoms with van der Waals surface area (Å²) in [7, 11) is 0. The van der Waals surface area contributed by atoms with E-state index in [0.29, 0.717) is 35.2 Å². The first-order valence-electron chi connectivity index (χ1n) is 10.8. The van der Waals surface area contributed by atoms with E-state index < -0.39 is 0 Å². The fourth-order valence-electron chi connectivity index (χ4n) is 4.57. The molecule has 1 atom stereocenters. The number of ketones is 1. The Balaban J connectivity index is 1.55. The number of amides is 2. The summed E-state index contributed by atoms with van der Waals surface area (Å²) in [5.74, 6) is 0.141. The van der Waals surface area contributed by atoms with Crippen LogP contribution in [0.15, 0.2) is 54.2 Å². The third-order valence-electron chi connectivity index (χ3n) is 6.02. The lowest BCUT2D eigenvalue weighted by Gasteiger charge is -2.38. The Morgan fingerprint density at radius 3 is 2.66 bits per heavy atom. The normalized spacial score (nSPS) is 19.8.